The van der Waals surface area contributed by atoms with Crippen LogP contribution in [0.3, 0.4) is 0 Å². The quantitative estimate of drug-likeness (QED) is 0.731. The number of carbonyl (C=O) groups is 1. The standard InChI is InChI=1S/C21H22N4O/c1-14-4-7-17(8-5-14)13-23-20(26)19-10-11-22-21(25-19)24-18-9-6-15(2)16(3)12-18/h4-12H,13H2,1-3H3,(H,23,26)(H,22,24,25). The minimum atomic E-state index is -0.226. The molecule has 0 aliphatic heterocycles. The SMILES string of the molecule is Cc1ccc(CNC(=O)c2ccnc(Nc3ccc(C)c(C)c3)n2)cc1. The molecule has 5 heteroatoms. The third-order valence-corrected chi connectivity index (χ3v) is 4.22. The molecule has 0 aliphatic rings. The van der Waals surface area contributed by atoms with Gasteiger partial charge in [0.2, 0.25) is 5.95 Å². The van der Waals surface area contributed by atoms with Gasteiger partial charge in [0, 0.05) is 18.4 Å². The van der Waals surface area contributed by atoms with Crippen molar-refractivity contribution in [3.05, 3.63) is 82.7 Å². The van der Waals surface area contributed by atoms with Gasteiger partial charge in [0.15, 0.2) is 0 Å². The summed E-state index contributed by atoms with van der Waals surface area (Å²) in [6.45, 7) is 6.61. The van der Waals surface area contributed by atoms with Crippen LogP contribution in [0, 0.1) is 20.8 Å². The summed E-state index contributed by atoms with van der Waals surface area (Å²) >= 11 is 0. The van der Waals surface area contributed by atoms with Crippen molar-refractivity contribution in [1.29, 1.82) is 0 Å². The average molecular weight is 346 g/mol. The normalized spacial score (nSPS) is 10.4. The van der Waals surface area contributed by atoms with E-state index < -0.39 is 0 Å². The van der Waals surface area contributed by atoms with E-state index in [0.717, 1.165) is 11.3 Å². The molecule has 1 amide bonds. The van der Waals surface area contributed by atoms with E-state index >= 15 is 0 Å². The molecular weight excluding hydrogens is 324 g/mol. The van der Waals surface area contributed by atoms with Crippen LogP contribution < -0.4 is 10.6 Å². The van der Waals surface area contributed by atoms with E-state index in [0.29, 0.717) is 18.2 Å². The summed E-state index contributed by atoms with van der Waals surface area (Å²) in [6, 6.07) is 15.7. The molecule has 2 aromatic carbocycles. The lowest BCUT2D eigenvalue weighted by molar-refractivity contribution is 0.0946. The Morgan fingerprint density at radius 1 is 0.962 bits per heavy atom. The fourth-order valence-corrected chi connectivity index (χ4v) is 2.47. The first-order valence-corrected chi connectivity index (χ1v) is 8.52. The van der Waals surface area contributed by atoms with E-state index in [2.05, 4.69) is 34.4 Å². The third-order valence-electron chi connectivity index (χ3n) is 4.22. The van der Waals surface area contributed by atoms with Gasteiger partial charge in [-0.05, 0) is 55.7 Å². The Morgan fingerprint density at radius 3 is 2.46 bits per heavy atom. The van der Waals surface area contributed by atoms with Gasteiger partial charge >= 0.3 is 0 Å². The van der Waals surface area contributed by atoms with Gasteiger partial charge < -0.3 is 10.6 Å². The Morgan fingerprint density at radius 2 is 1.73 bits per heavy atom. The van der Waals surface area contributed by atoms with Crippen molar-refractivity contribution < 1.29 is 4.79 Å². The number of rotatable bonds is 5. The largest absolute Gasteiger partial charge is 0.347 e. The zero-order valence-corrected chi connectivity index (χ0v) is 15.2. The van der Waals surface area contributed by atoms with Crippen molar-refractivity contribution in [1.82, 2.24) is 15.3 Å². The Hall–Kier alpha value is -3.21. The third kappa shape index (κ3) is 4.45. The summed E-state index contributed by atoms with van der Waals surface area (Å²) in [5.41, 5.74) is 5.87. The summed E-state index contributed by atoms with van der Waals surface area (Å²) in [5, 5.41) is 6.03. The first-order chi connectivity index (χ1) is 12.5. The zero-order chi connectivity index (χ0) is 18.5. The van der Waals surface area contributed by atoms with Gasteiger partial charge in [-0.3, -0.25) is 4.79 Å². The Kier molecular flexibility index (Phi) is 5.27. The number of benzene rings is 2. The van der Waals surface area contributed by atoms with Crippen LogP contribution in [0.15, 0.2) is 54.7 Å². The fraction of sp³-hybridized carbons (Fsp3) is 0.190. The molecule has 3 aromatic rings. The predicted molar refractivity (Wildman–Crippen MR) is 104 cm³/mol. The van der Waals surface area contributed by atoms with E-state index in [4.69, 9.17) is 0 Å². The molecule has 0 atom stereocenters. The number of aryl methyl sites for hydroxylation is 3. The highest BCUT2D eigenvalue weighted by Gasteiger charge is 2.09. The predicted octanol–water partition coefficient (Wildman–Crippen LogP) is 4.08. The van der Waals surface area contributed by atoms with Gasteiger partial charge in [-0.15, -0.1) is 0 Å². The number of anilines is 2. The average Bonchev–Trinajstić information content (AvgIpc) is 2.64. The van der Waals surface area contributed by atoms with Gasteiger partial charge in [-0.2, -0.15) is 0 Å². The molecule has 0 bridgehead atoms. The van der Waals surface area contributed by atoms with E-state index in [1.807, 2.05) is 49.4 Å². The van der Waals surface area contributed by atoms with Crippen LogP contribution in [0.1, 0.15) is 32.7 Å². The zero-order valence-electron chi connectivity index (χ0n) is 15.2. The summed E-state index contributed by atoms with van der Waals surface area (Å²) in [7, 11) is 0. The highest BCUT2D eigenvalue weighted by molar-refractivity contribution is 5.92. The molecule has 0 saturated heterocycles. The molecular formula is C21H22N4O. The molecule has 2 N–H and O–H groups in total. The van der Waals surface area contributed by atoms with Crippen LogP contribution >= 0.6 is 0 Å². The molecule has 1 aromatic heterocycles. The Labute approximate surface area is 153 Å². The lowest BCUT2D eigenvalue weighted by atomic mass is 10.1. The molecule has 1 heterocycles. The van der Waals surface area contributed by atoms with Crippen molar-refractivity contribution in [3.63, 3.8) is 0 Å². The molecule has 0 radical (unpaired) electrons. The number of aromatic nitrogens is 2. The lowest BCUT2D eigenvalue weighted by Crippen LogP contribution is -2.24. The molecule has 5 nitrogen and oxygen atoms in total. The number of carbonyl (C=O) groups excluding carboxylic acids is 1. The Balaban J connectivity index is 1.66. The van der Waals surface area contributed by atoms with Crippen molar-refractivity contribution in [2.45, 2.75) is 27.3 Å². The Bertz CT molecular complexity index is 920. The minimum absolute atomic E-state index is 0.226. The first kappa shape index (κ1) is 17.6. The maximum absolute atomic E-state index is 12.4. The van der Waals surface area contributed by atoms with Crippen LogP contribution in [-0.2, 0) is 6.54 Å². The van der Waals surface area contributed by atoms with Gasteiger partial charge in [0.25, 0.3) is 5.91 Å². The number of amides is 1. The van der Waals surface area contributed by atoms with Gasteiger partial charge in [-0.1, -0.05) is 35.9 Å². The second-order valence-corrected chi connectivity index (χ2v) is 6.36. The summed E-state index contributed by atoms with van der Waals surface area (Å²) in [5.74, 6) is 0.173. The number of nitrogens with zero attached hydrogens (tertiary/aromatic N) is 2. The maximum atomic E-state index is 12.4. The maximum Gasteiger partial charge on any atom is 0.270 e. The van der Waals surface area contributed by atoms with Crippen LogP contribution in [0.2, 0.25) is 0 Å². The number of hydrogen-bond donors (Lipinski definition) is 2. The highest BCUT2D eigenvalue weighted by atomic mass is 16.1. The second kappa shape index (κ2) is 7.78. The summed E-state index contributed by atoms with van der Waals surface area (Å²) < 4.78 is 0. The van der Waals surface area contributed by atoms with Crippen LogP contribution in [-0.4, -0.2) is 15.9 Å². The first-order valence-electron chi connectivity index (χ1n) is 8.52. The van der Waals surface area contributed by atoms with E-state index in [9.17, 15) is 4.79 Å². The van der Waals surface area contributed by atoms with Crippen LogP contribution in [0.5, 0.6) is 0 Å². The lowest BCUT2D eigenvalue weighted by Gasteiger charge is -2.09. The smallest absolute Gasteiger partial charge is 0.270 e. The molecule has 0 saturated carbocycles. The summed E-state index contributed by atoms with van der Waals surface area (Å²) in [4.78, 5) is 20.9. The monoisotopic (exact) mass is 346 g/mol. The topological polar surface area (TPSA) is 66.9 Å². The highest BCUT2D eigenvalue weighted by Crippen LogP contribution is 2.17. The van der Waals surface area contributed by atoms with Gasteiger partial charge in [-0.25, -0.2) is 9.97 Å². The van der Waals surface area contributed by atoms with E-state index in [-0.39, 0.29) is 5.91 Å². The summed E-state index contributed by atoms with van der Waals surface area (Å²) in [6.07, 6.45) is 1.58. The molecule has 3 rings (SSSR count). The van der Waals surface area contributed by atoms with Gasteiger partial charge in [0.05, 0.1) is 0 Å². The van der Waals surface area contributed by atoms with Crippen molar-refractivity contribution in [3.8, 4) is 0 Å². The van der Waals surface area contributed by atoms with Crippen LogP contribution in [0.25, 0.3) is 0 Å². The fourth-order valence-electron chi connectivity index (χ4n) is 2.47. The van der Waals surface area contributed by atoms with E-state index in [1.54, 1.807) is 12.3 Å². The van der Waals surface area contributed by atoms with Crippen molar-refractivity contribution >= 4 is 17.5 Å². The van der Waals surface area contributed by atoms with Gasteiger partial charge in [0.1, 0.15) is 5.69 Å². The molecule has 0 unspecified atom stereocenters. The van der Waals surface area contributed by atoms with Crippen molar-refractivity contribution in [2.75, 3.05) is 5.32 Å². The molecule has 0 spiro atoms. The minimum Gasteiger partial charge on any atom is -0.347 e. The van der Waals surface area contributed by atoms with Crippen LogP contribution in [0.4, 0.5) is 11.6 Å². The van der Waals surface area contributed by atoms with Crippen molar-refractivity contribution in [2.24, 2.45) is 0 Å². The molecule has 132 valence electrons. The number of hydrogen-bond acceptors (Lipinski definition) is 4. The molecule has 0 fully saturated rings. The second-order valence-electron chi connectivity index (χ2n) is 6.36. The molecule has 26 heavy (non-hydrogen) atoms. The van der Waals surface area contributed by atoms with E-state index in [1.165, 1.54) is 16.7 Å². The number of nitrogens with one attached hydrogen (secondary N) is 2. The molecule has 0 aliphatic carbocycles.